The third-order valence-corrected chi connectivity index (χ3v) is 6.48. The SMILES string of the molecule is C/C(=C\C=C/N)C/C(O/C1=C/C=C(/F)CCC=C1C=O)=C(/C)O.CCCOc1ccc(C(C)=CC(C=O)SC(N)=O)cc1. The number of carbonyl (C=O) groups is 3. The maximum Gasteiger partial charge on any atom is 0.277 e. The Labute approximate surface area is 257 Å². The molecular weight excluding hydrogens is 571 g/mol. The monoisotopic (exact) mass is 612 g/mol. The molecule has 0 aliphatic heterocycles. The normalized spacial score (nSPS) is 17.7. The van der Waals surface area contributed by atoms with Crippen LogP contribution < -0.4 is 16.2 Å². The molecule has 43 heavy (non-hydrogen) atoms. The van der Waals surface area contributed by atoms with Gasteiger partial charge in [-0.3, -0.25) is 9.59 Å². The van der Waals surface area contributed by atoms with Gasteiger partial charge in [-0.25, -0.2) is 4.39 Å². The van der Waals surface area contributed by atoms with Crippen LogP contribution in [0.5, 0.6) is 5.75 Å². The van der Waals surface area contributed by atoms with Crippen molar-refractivity contribution in [2.24, 2.45) is 11.5 Å². The van der Waals surface area contributed by atoms with Gasteiger partial charge in [0.05, 0.1) is 17.4 Å². The zero-order chi connectivity index (χ0) is 32.2. The summed E-state index contributed by atoms with van der Waals surface area (Å²) in [5, 5.41) is 8.70. The summed E-state index contributed by atoms with van der Waals surface area (Å²) in [6.07, 6.45) is 14.2. The topological polar surface area (TPSA) is 142 Å². The number of hydrogen-bond donors (Lipinski definition) is 3. The molecule has 5 N–H and O–H groups in total. The molecule has 0 bridgehead atoms. The number of primary amides is 1. The first-order valence-electron chi connectivity index (χ1n) is 13.7. The average Bonchev–Trinajstić information content (AvgIpc) is 2.97. The van der Waals surface area contributed by atoms with Crippen molar-refractivity contribution in [3.05, 3.63) is 107 Å². The van der Waals surface area contributed by atoms with E-state index in [9.17, 15) is 23.9 Å². The average molecular weight is 613 g/mol. The van der Waals surface area contributed by atoms with Crippen LogP contribution in [0.25, 0.3) is 5.57 Å². The molecule has 1 aliphatic carbocycles. The smallest absolute Gasteiger partial charge is 0.277 e. The van der Waals surface area contributed by atoms with Crippen LogP contribution >= 0.6 is 11.8 Å². The number of thioether (sulfide) groups is 1. The molecule has 8 nitrogen and oxygen atoms in total. The van der Waals surface area contributed by atoms with E-state index in [1.807, 2.05) is 38.1 Å². The van der Waals surface area contributed by atoms with E-state index in [0.29, 0.717) is 37.6 Å². The molecule has 1 aliphatic rings. The Kier molecular flexibility index (Phi) is 17.5. The highest BCUT2D eigenvalue weighted by Crippen LogP contribution is 2.25. The molecule has 0 heterocycles. The van der Waals surface area contributed by atoms with Gasteiger partial charge in [0.25, 0.3) is 5.24 Å². The first-order valence-corrected chi connectivity index (χ1v) is 14.6. The summed E-state index contributed by atoms with van der Waals surface area (Å²) < 4.78 is 24.6. The maximum atomic E-state index is 13.4. The minimum Gasteiger partial charge on any atom is -0.509 e. The predicted octanol–water partition coefficient (Wildman–Crippen LogP) is 7.52. The minimum atomic E-state index is -0.561. The minimum absolute atomic E-state index is 0.00728. The highest BCUT2D eigenvalue weighted by Gasteiger charge is 2.14. The number of ether oxygens (including phenoxy) is 2. The number of hydrogen-bond acceptors (Lipinski definition) is 8. The van der Waals surface area contributed by atoms with Crippen LogP contribution in [-0.2, 0) is 14.3 Å². The second-order valence-corrected chi connectivity index (χ2v) is 10.6. The van der Waals surface area contributed by atoms with Crippen molar-refractivity contribution in [3.63, 3.8) is 0 Å². The Morgan fingerprint density at radius 2 is 1.86 bits per heavy atom. The zero-order valence-corrected chi connectivity index (χ0v) is 25.9. The van der Waals surface area contributed by atoms with E-state index in [2.05, 4.69) is 6.92 Å². The van der Waals surface area contributed by atoms with E-state index in [0.717, 1.165) is 40.6 Å². The summed E-state index contributed by atoms with van der Waals surface area (Å²) in [5.41, 5.74) is 13.5. The molecule has 1 aromatic rings. The summed E-state index contributed by atoms with van der Waals surface area (Å²) in [5.74, 6) is 1.02. The van der Waals surface area contributed by atoms with Crippen molar-refractivity contribution in [2.75, 3.05) is 6.61 Å². The van der Waals surface area contributed by atoms with Gasteiger partial charge in [0.2, 0.25) is 0 Å². The molecule has 1 aromatic carbocycles. The number of aliphatic hydroxyl groups is 1. The van der Waals surface area contributed by atoms with Gasteiger partial charge < -0.3 is 30.8 Å². The van der Waals surface area contributed by atoms with Crippen molar-refractivity contribution >= 4 is 35.1 Å². The quantitative estimate of drug-likeness (QED) is 0.118. The van der Waals surface area contributed by atoms with Gasteiger partial charge in [-0.2, -0.15) is 0 Å². The Balaban J connectivity index is 0.000000434. The van der Waals surface area contributed by atoms with Crippen LogP contribution in [0.3, 0.4) is 0 Å². The van der Waals surface area contributed by atoms with E-state index in [4.69, 9.17) is 20.9 Å². The highest BCUT2D eigenvalue weighted by atomic mass is 32.2. The summed E-state index contributed by atoms with van der Waals surface area (Å²) in [7, 11) is 0. The fourth-order valence-electron chi connectivity index (χ4n) is 3.53. The Morgan fingerprint density at radius 1 is 1.16 bits per heavy atom. The molecule has 0 fully saturated rings. The second kappa shape index (κ2) is 20.5. The van der Waals surface area contributed by atoms with E-state index in [1.54, 1.807) is 24.3 Å². The Hall–Kier alpha value is -4.31. The Morgan fingerprint density at radius 3 is 2.42 bits per heavy atom. The molecule has 0 saturated heterocycles. The van der Waals surface area contributed by atoms with Crippen LogP contribution in [0.15, 0.2) is 101 Å². The molecule has 0 spiro atoms. The van der Waals surface area contributed by atoms with E-state index in [-0.39, 0.29) is 29.5 Å². The number of aliphatic hydroxyl groups excluding tert-OH is 1. The van der Waals surface area contributed by atoms with Crippen molar-refractivity contribution in [1.82, 2.24) is 0 Å². The molecule has 0 saturated carbocycles. The number of rotatable bonds is 13. The van der Waals surface area contributed by atoms with Gasteiger partial charge in [-0.05, 0) is 93.1 Å². The molecule has 1 unspecified atom stereocenters. The molecule has 232 valence electrons. The number of aldehydes is 2. The van der Waals surface area contributed by atoms with Crippen molar-refractivity contribution in [3.8, 4) is 5.75 Å². The maximum absolute atomic E-state index is 13.4. The molecule has 2 rings (SSSR count). The lowest BCUT2D eigenvalue weighted by Crippen LogP contribution is -2.11. The number of carbonyl (C=O) groups excluding carboxylic acids is 3. The van der Waals surface area contributed by atoms with Crippen molar-refractivity contribution in [2.45, 2.75) is 58.6 Å². The zero-order valence-electron chi connectivity index (χ0n) is 25.0. The van der Waals surface area contributed by atoms with E-state index >= 15 is 0 Å². The standard InChI is InChI=1S/C18H22FNO3.C15H19NO3S/c1-13(5-4-10-20)11-18(14(2)22)23-17-9-8-16(19)7-3-6-15(17)12-21;1-3-8-19-13-6-4-12(5-7-13)11(2)9-14(10-17)20-15(16)18/h4-6,8-10,12,22H,3,7,11,20H2,1-2H3;4-7,9-10,14H,3,8H2,1-2H3,(H2,16,18)/b10-4-,13-5+,15-6?,16-8+,17-9+,18-14+;. The fraction of sp³-hybridized carbons (Fsp3) is 0.303. The van der Waals surface area contributed by atoms with Gasteiger partial charge in [-0.15, -0.1) is 0 Å². The third-order valence-electron chi connectivity index (χ3n) is 5.73. The second-order valence-electron chi connectivity index (χ2n) is 9.41. The van der Waals surface area contributed by atoms with E-state index < -0.39 is 10.5 Å². The number of allylic oxidation sites excluding steroid dienone is 10. The number of amides is 1. The molecule has 1 atom stereocenters. The number of nitrogens with two attached hydrogens (primary N) is 2. The lowest BCUT2D eigenvalue weighted by Gasteiger charge is -2.15. The van der Waals surface area contributed by atoms with Gasteiger partial charge in [-0.1, -0.05) is 42.9 Å². The summed E-state index contributed by atoms with van der Waals surface area (Å²) in [4.78, 5) is 32.9. The first-order chi connectivity index (χ1) is 20.5. The predicted molar refractivity (Wildman–Crippen MR) is 172 cm³/mol. The largest absolute Gasteiger partial charge is 0.509 e. The number of benzene rings is 1. The van der Waals surface area contributed by atoms with Gasteiger partial charge in [0.1, 0.15) is 35.1 Å². The lowest BCUT2D eigenvalue weighted by atomic mass is 10.1. The lowest BCUT2D eigenvalue weighted by molar-refractivity contribution is -0.107. The van der Waals surface area contributed by atoms with Crippen molar-refractivity contribution in [1.29, 1.82) is 0 Å². The van der Waals surface area contributed by atoms with Crippen LogP contribution in [0.1, 0.15) is 58.9 Å². The molecule has 0 radical (unpaired) electrons. The van der Waals surface area contributed by atoms with E-state index in [1.165, 1.54) is 25.3 Å². The number of halogens is 1. The summed E-state index contributed by atoms with van der Waals surface area (Å²) in [6, 6.07) is 7.63. The molecular formula is C33H41FN2O6S. The molecule has 1 amide bonds. The van der Waals surface area contributed by atoms with Gasteiger partial charge >= 0.3 is 0 Å². The van der Waals surface area contributed by atoms with Crippen LogP contribution in [0.2, 0.25) is 0 Å². The molecule has 10 heteroatoms. The van der Waals surface area contributed by atoms with Crippen LogP contribution in [0.4, 0.5) is 9.18 Å². The molecule has 0 aromatic heterocycles. The Bertz CT molecular complexity index is 1300. The third kappa shape index (κ3) is 14.9. The summed E-state index contributed by atoms with van der Waals surface area (Å²) in [6.45, 7) is 7.98. The summed E-state index contributed by atoms with van der Waals surface area (Å²) >= 11 is 0.807. The first kappa shape index (κ1) is 36.7. The van der Waals surface area contributed by atoms with Gasteiger partial charge in [0, 0.05) is 12.8 Å². The van der Waals surface area contributed by atoms with Crippen molar-refractivity contribution < 1.29 is 33.4 Å². The fourth-order valence-corrected chi connectivity index (χ4v) is 4.12. The van der Waals surface area contributed by atoms with Crippen LogP contribution in [-0.4, -0.2) is 34.8 Å². The highest BCUT2D eigenvalue weighted by molar-refractivity contribution is 8.14. The van der Waals surface area contributed by atoms with Gasteiger partial charge in [0.15, 0.2) is 6.29 Å². The van der Waals surface area contributed by atoms with Crippen LogP contribution in [0, 0.1) is 0 Å².